The predicted octanol–water partition coefficient (Wildman–Crippen LogP) is 4.65. The highest BCUT2D eigenvalue weighted by Gasteiger charge is 2.45. The monoisotopic (exact) mass is 470 g/mol. The minimum Gasteiger partial charge on any atom is -0.492 e. The van der Waals surface area contributed by atoms with Crippen LogP contribution in [0.15, 0.2) is 40.8 Å². The Balaban J connectivity index is 1.46. The molecule has 2 N–H and O–H groups in total. The maximum atomic E-state index is 14.1. The number of nitrogens with zero attached hydrogens (tertiary/aromatic N) is 1. The summed E-state index contributed by atoms with van der Waals surface area (Å²) in [4.78, 5) is 14.8. The first kappa shape index (κ1) is 22.1. The van der Waals surface area contributed by atoms with E-state index in [-0.39, 0.29) is 11.3 Å². The molecule has 33 heavy (non-hydrogen) atoms. The number of halogens is 1. The number of aromatic carboxylic acids is 1. The van der Waals surface area contributed by atoms with Crippen LogP contribution in [-0.4, -0.2) is 46.4 Å². The Morgan fingerprint density at radius 1 is 1.36 bits per heavy atom. The number of carbonyl (C=O) groups is 1. The van der Waals surface area contributed by atoms with Crippen LogP contribution in [0.4, 0.5) is 10.1 Å². The summed E-state index contributed by atoms with van der Waals surface area (Å²) in [6.45, 7) is 5.41. The summed E-state index contributed by atoms with van der Waals surface area (Å²) in [5.74, 6) is -0.358. The van der Waals surface area contributed by atoms with Gasteiger partial charge >= 0.3 is 5.97 Å². The number of carboxylic acid groups (broad SMARTS) is 1. The van der Waals surface area contributed by atoms with Gasteiger partial charge in [-0.05, 0) is 73.7 Å². The predicted molar refractivity (Wildman–Crippen MR) is 126 cm³/mol. The Labute approximate surface area is 195 Å². The van der Waals surface area contributed by atoms with Crippen molar-refractivity contribution in [3.05, 3.63) is 58.4 Å². The zero-order valence-electron chi connectivity index (χ0n) is 18.5. The maximum absolute atomic E-state index is 14.1. The molecule has 0 bridgehead atoms. The van der Waals surface area contributed by atoms with Crippen LogP contribution >= 0.6 is 0 Å². The number of likely N-dealkylation sites (N-methyl/N-ethyl adjacent to an activating group) is 1. The normalized spacial score (nSPS) is 23.9. The van der Waals surface area contributed by atoms with Gasteiger partial charge in [-0.1, -0.05) is 24.6 Å². The molecule has 1 saturated carbocycles. The lowest BCUT2D eigenvalue weighted by atomic mass is 10.0. The fourth-order valence-corrected chi connectivity index (χ4v) is 5.89. The number of likely N-dealkylation sites (tertiary alicyclic amines) is 1. The molecule has 0 amide bonds. The maximum Gasteiger partial charge on any atom is 0.341 e. The lowest BCUT2D eigenvalue weighted by Gasteiger charge is -2.27. The van der Waals surface area contributed by atoms with Gasteiger partial charge in [0.1, 0.15) is 17.1 Å². The second-order valence-electron chi connectivity index (χ2n) is 8.95. The van der Waals surface area contributed by atoms with E-state index in [9.17, 15) is 18.5 Å². The average molecular weight is 471 g/mol. The molecule has 0 radical (unpaired) electrons. The summed E-state index contributed by atoms with van der Waals surface area (Å²) >= 11 is 0. The summed E-state index contributed by atoms with van der Waals surface area (Å²) < 4.78 is 36.0. The highest BCUT2D eigenvalue weighted by atomic mass is 32.2. The van der Waals surface area contributed by atoms with Crippen molar-refractivity contribution in [3.8, 4) is 5.75 Å². The standard InChI is InChI=1S/C25H27FN2O4S/c1-2-28-9-3-4-15(13-28)10-16-11-18(26)5-8-22(16)33(31)27-21-7-6-19-20-12-17(20)14-32-24(19)23(21)25(29)30/h5-8,10-11,17,20,27H,2-4,9,12-14H2,1H3,(H,29,30). The second kappa shape index (κ2) is 8.91. The Morgan fingerprint density at radius 2 is 2.21 bits per heavy atom. The number of fused-ring (bicyclic) bond motifs is 3. The van der Waals surface area contributed by atoms with E-state index in [0.717, 1.165) is 44.5 Å². The van der Waals surface area contributed by atoms with E-state index < -0.39 is 22.8 Å². The topological polar surface area (TPSA) is 78.9 Å². The molecule has 0 aromatic heterocycles. The minimum atomic E-state index is -1.79. The van der Waals surface area contributed by atoms with Crippen molar-refractivity contribution in [2.45, 2.75) is 37.0 Å². The van der Waals surface area contributed by atoms with Crippen LogP contribution in [0.2, 0.25) is 0 Å². The lowest BCUT2D eigenvalue weighted by Crippen LogP contribution is -2.30. The molecule has 8 heteroatoms. The van der Waals surface area contributed by atoms with Crippen molar-refractivity contribution in [1.29, 1.82) is 0 Å². The van der Waals surface area contributed by atoms with E-state index in [0.29, 0.717) is 34.7 Å². The van der Waals surface area contributed by atoms with Crippen molar-refractivity contribution >= 4 is 28.7 Å². The van der Waals surface area contributed by atoms with Crippen LogP contribution in [0.5, 0.6) is 5.75 Å². The minimum absolute atomic E-state index is 0.000848. The van der Waals surface area contributed by atoms with Gasteiger partial charge in [0.15, 0.2) is 11.0 Å². The molecule has 3 atom stereocenters. The molecular weight excluding hydrogens is 443 g/mol. The van der Waals surface area contributed by atoms with E-state index in [1.54, 1.807) is 6.07 Å². The van der Waals surface area contributed by atoms with Gasteiger partial charge in [0.05, 0.1) is 17.2 Å². The highest BCUT2D eigenvalue weighted by molar-refractivity contribution is 7.86. The van der Waals surface area contributed by atoms with Crippen molar-refractivity contribution < 1.29 is 23.2 Å². The van der Waals surface area contributed by atoms with Crippen LogP contribution in [-0.2, 0) is 11.0 Å². The van der Waals surface area contributed by atoms with Crippen LogP contribution in [0, 0.1) is 11.7 Å². The number of nitrogens with one attached hydrogen (secondary N) is 1. The molecule has 1 saturated heterocycles. The molecule has 3 aliphatic rings. The second-order valence-corrected chi connectivity index (χ2v) is 10.1. The number of ether oxygens (including phenoxy) is 1. The number of hydrogen-bond donors (Lipinski definition) is 2. The van der Waals surface area contributed by atoms with Crippen LogP contribution in [0.25, 0.3) is 6.08 Å². The third-order valence-electron chi connectivity index (χ3n) is 6.75. The summed E-state index contributed by atoms with van der Waals surface area (Å²) in [6, 6.07) is 7.67. The average Bonchev–Trinajstić information content (AvgIpc) is 3.59. The Morgan fingerprint density at radius 3 is 3.00 bits per heavy atom. The van der Waals surface area contributed by atoms with E-state index in [4.69, 9.17) is 4.74 Å². The smallest absolute Gasteiger partial charge is 0.341 e. The van der Waals surface area contributed by atoms with E-state index in [2.05, 4.69) is 16.5 Å². The molecular formula is C25H27FN2O4S. The molecule has 1 aliphatic carbocycles. The molecule has 0 spiro atoms. The Hall–Kier alpha value is -2.71. The van der Waals surface area contributed by atoms with Crippen LogP contribution < -0.4 is 9.46 Å². The third-order valence-corrected chi connectivity index (χ3v) is 7.92. The molecule has 3 unspecified atom stereocenters. The zero-order chi connectivity index (χ0) is 23.1. The third kappa shape index (κ3) is 4.42. The molecule has 6 nitrogen and oxygen atoms in total. The summed E-state index contributed by atoms with van der Waals surface area (Å²) in [7, 11) is -1.79. The summed E-state index contributed by atoms with van der Waals surface area (Å²) in [5.41, 5.74) is 2.85. The van der Waals surface area contributed by atoms with Gasteiger partial charge < -0.3 is 14.6 Å². The first-order valence-electron chi connectivity index (χ1n) is 11.4. The van der Waals surface area contributed by atoms with Gasteiger partial charge in [-0.2, -0.15) is 0 Å². The van der Waals surface area contributed by atoms with Crippen molar-refractivity contribution in [3.63, 3.8) is 0 Å². The van der Waals surface area contributed by atoms with Crippen LogP contribution in [0.1, 0.15) is 53.6 Å². The van der Waals surface area contributed by atoms with E-state index in [1.807, 2.05) is 12.1 Å². The van der Waals surface area contributed by atoms with Gasteiger partial charge in [0.25, 0.3) is 0 Å². The van der Waals surface area contributed by atoms with E-state index >= 15 is 0 Å². The van der Waals surface area contributed by atoms with Crippen molar-refractivity contribution in [1.82, 2.24) is 4.90 Å². The zero-order valence-corrected chi connectivity index (χ0v) is 19.3. The molecule has 2 aromatic carbocycles. The summed E-state index contributed by atoms with van der Waals surface area (Å²) in [6.07, 6.45) is 4.87. The number of benzene rings is 2. The fourth-order valence-electron chi connectivity index (χ4n) is 4.89. The largest absolute Gasteiger partial charge is 0.492 e. The van der Waals surface area contributed by atoms with Gasteiger partial charge in [-0.25, -0.2) is 13.4 Å². The van der Waals surface area contributed by atoms with Gasteiger partial charge in [0.2, 0.25) is 0 Å². The molecule has 5 rings (SSSR count). The van der Waals surface area contributed by atoms with Gasteiger partial charge in [-0.3, -0.25) is 4.90 Å². The Kier molecular flexibility index (Phi) is 5.97. The fraction of sp³-hybridized carbons (Fsp3) is 0.400. The number of carboxylic acids is 1. The number of rotatable bonds is 6. The van der Waals surface area contributed by atoms with Crippen molar-refractivity contribution in [2.75, 3.05) is 31.0 Å². The van der Waals surface area contributed by atoms with Gasteiger partial charge in [0, 0.05) is 12.5 Å². The SMILES string of the molecule is CCN1CCCC(=Cc2cc(F)ccc2S(=O)Nc2ccc3c(c2C(=O)O)OCC2CC32)C1. The Bertz CT molecular complexity index is 1170. The number of anilines is 1. The first-order chi connectivity index (χ1) is 15.9. The molecule has 2 heterocycles. The molecule has 2 aliphatic heterocycles. The quantitative estimate of drug-likeness (QED) is 0.642. The molecule has 174 valence electrons. The van der Waals surface area contributed by atoms with Crippen LogP contribution in [0.3, 0.4) is 0 Å². The van der Waals surface area contributed by atoms with Crippen molar-refractivity contribution in [2.24, 2.45) is 5.92 Å². The van der Waals surface area contributed by atoms with Gasteiger partial charge in [-0.15, -0.1) is 0 Å². The number of hydrogen-bond acceptors (Lipinski definition) is 4. The molecule has 2 aromatic rings. The lowest BCUT2D eigenvalue weighted by molar-refractivity contribution is 0.0692. The highest BCUT2D eigenvalue weighted by Crippen LogP contribution is 2.55. The molecule has 2 fully saturated rings. The van der Waals surface area contributed by atoms with E-state index in [1.165, 1.54) is 23.8 Å². The number of piperidine rings is 1. The first-order valence-corrected chi connectivity index (χ1v) is 12.5. The summed E-state index contributed by atoms with van der Waals surface area (Å²) in [5, 5.41) is 9.88.